The average molecular weight is 651 g/mol. The van der Waals surface area contributed by atoms with Crippen molar-refractivity contribution < 1.29 is 19.4 Å². The van der Waals surface area contributed by atoms with Crippen LogP contribution in [0.15, 0.2) is 97.2 Å². The monoisotopic (exact) mass is 651 g/mol. The lowest BCUT2D eigenvalue weighted by Crippen LogP contribution is -2.27. The number of carbonyl (C=O) groups is 1. The topological polar surface area (TPSA) is 55.8 Å². The van der Waals surface area contributed by atoms with Gasteiger partial charge in [-0.3, -0.25) is 4.79 Å². The molecule has 0 aliphatic rings. The van der Waals surface area contributed by atoms with E-state index >= 15 is 0 Å². The summed E-state index contributed by atoms with van der Waals surface area (Å²) in [6, 6.07) is 0. The Morgan fingerprint density at radius 2 is 0.957 bits per heavy atom. The smallest absolute Gasteiger partial charge is 0.306 e. The lowest BCUT2D eigenvalue weighted by atomic mass is 10.1. The summed E-state index contributed by atoms with van der Waals surface area (Å²) in [4.78, 5) is 12.1. The fraction of sp³-hybridized carbons (Fsp3) is 0.605. The third-order valence-electron chi connectivity index (χ3n) is 7.39. The zero-order valence-corrected chi connectivity index (χ0v) is 30.3. The van der Waals surface area contributed by atoms with Gasteiger partial charge in [0.1, 0.15) is 6.10 Å². The Kier molecular flexibility index (Phi) is 37.2. The van der Waals surface area contributed by atoms with Crippen LogP contribution in [-0.4, -0.2) is 37.0 Å². The number of unbranched alkanes of at least 4 members (excludes halogenated alkanes) is 9. The first kappa shape index (κ1) is 44.3. The summed E-state index contributed by atoms with van der Waals surface area (Å²) in [5.41, 5.74) is 0. The quantitative estimate of drug-likeness (QED) is 0.0436. The molecule has 0 aliphatic carbocycles. The summed E-state index contributed by atoms with van der Waals surface area (Å²) in [5, 5.41) is 9.54. The number of rotatable bonds is 33. The molecule has 0 rings (SSSR count). The van der Waals surface area contributed by atoms with Gasteiger partial charge in [-0.15, -0.1) is 0 Å². The standard InChI is InChI=1S/C43H70O4/c1-3-5-7-9-11-13-15-16-17-18-19-20-21-22-23-24-25-26-27-29-31-33-35-37-39-46-41-42(40-44)47-43(45)38-36-34-32-30-28-14-12-10-8-6-4-2/h5,7,10-13,16-17,19-20,22-23,25-26,29,31,42,44H,3-4,6,8-9,14-15,18,21,24,27-28,30,32-41H2,1-2H3/b7-5-,12-10-,13-11-,17-16-,20-19-,23-22-,26-25-,31-29-. The second kappa shape index (κ2) is 39.5. The summed E-state index contributed by atoms with van der Waals surface area (Å²) in [6.07, 6.45) is 56.0. The van der Waals surface area contributed by atoms with Crippen molar-refractivity contribution in [3.8, 4) is 0 Å². The Labute approximate surface area is 290 Å². The van der Waals surface area contributed by atoms with E-state index in [1.54, 1.807) is 0 Å². The largest absolute Gasteiger partial charge is 0.457 e. The van der Waals surface area contributed by atoms with Crippen LogP contribution in [-0.2, 0) is 14.3 Å². The number of aliphatic hydroxyl groups excluding tert-OH is 1. The lowest BCUT2D eigenvalue weighted by Gasteiger charge is -2.15. The van der Waals surface area contributed by atoms with Crippen molar-refractivity contribution in [2.75, 3.05) is 19.8 Å². The van der Waals surface area contributed by atoms with Gasteiger partial charge in [-0.2, -0.15) is 0 Å². The Balaban J connectivity index is 3.63. The summed E-state index contributed by atoms with van der Waals surface area (Å²) in [7, 11) is 0. The average Bonchev–Trinajstić information content (AvgIpc) is 3.08. The van der Waals surface area contributed by atoms with Crippen molar-refractivity contribution in [2.24, 2.45) is 0 Å². The highest BCUT2D eigenvalue weighted by Gasteiger charge is 2.13. The van der Waals surface area contributed by atoms with Crippen LogP contribution in [0.25, 0.3) is 0 Å². The van der Waals surface area contributed by atoms with Crippen molar-refractivity contribution in [1.82, 2.24) is 0 Å². The molecule has 47 heavy (non-hydrogen) atoms. The molecule has 0 aromatic heterocycles. The fourth-order valence-electron chi connectivity index (χ4n) is 4.58. The number of hydrogen-bond donors (Lipinski definition) is 1. The number of hydrogen-bond acceptors (Lipinski definition) is 4. The van der Waals surface area contributed by atoms with Crippen LogP contribution >= 0.6 is 0 Å². The molecular formula is C43H70O4. The van der Waals surface area contributed by atoms with E-state index in [0.717, 1.165) is 89.9 Å². The Bertz CT molecular complexity index is 903. The van der Waals surface area contributed by atoms with E-state index in [4.69, 9.17) is 9.47 Å². The first-order valence-electron chi connectivity index (χ1n) is 18.8. The molecule has 0 bridgehead atoms. The van der Waals surface area contributed by atoms with Gasteiger partial charge in [0, 0.05) is 13.0 Å². The normalized spacial score (nSPS) is 13.5. The molecule has 0 aromatic rings. The van der Waals surface area contributed by atoms with Crippen LogP contribution in [0.3, 0.4) is 0 Å². The second-order valence-electron chi connectivity index (χ2n) is 11.9. The molecule has 0 spiro atoms. The maximum absolute atomic E-state index is 12.1. The van der Waals surface area contributed by atoms with E-state index in [1.165, 1.54) is 32.1 Å². The van der Waals surface area contributed by atoms with Crippen LogP contribution in [0.4, 0.5) is 0 Å². The van der Waals surface area contributed by atoms with Crippen LogP contribution in [0.1, 0.15) is 142 Å². The second-order valence-corrected chi connectivity index (χ2v) is 11.9. The third kappa shape index (κ3) is 37.6. The van der Waals surface area contributed by atoms with E-state index < -0.39 is 6.10 Å². The molecule has 0 saturated heterocycles. The summed E-state index contributed by atoms with van der Waals surface area (Å²) in [6.45, 7) is 5.05. The molecule has 1 N–H and O–H groups in total. The number of ether oxygens (including phenoxy) is 2. The number of aliphatic hydroxyl groups is 1. The minimum absolute atomic E-state index is 0.200. The van der Waals surface area contributed by atoms with Crippen molar-refractivity contribution >= 4 is 5.97 Å². The van der Waals surface area contributed by atoms with Gasteiger partial charge in [-0.25, -0.2) is 0 Å². The minimum Gasteiger partial charge on any atom is -0.457 e. The summed E-state index contributed by atoms with van der Waals surface area (Å²) in [5.74, 6) is -0.233. The summed E-state index contributed by atoms with van der Waals surface area (Å²) < 4.78 is 11.0. The number of carbonyl (C=O) groups excluding carboxylic acids is 1. The molecule has 4 nitrogen and oxygen atoms in total. The van der Waals surface area contributed by atoms with Gasteiger partial charge >= 0.3 is 5.97 Å². The molecule has 1 unspecified atom stereocenters. The van der Waals surface area contributed by atoms with Crippen LogP contribution in [0, 0.1) is 0 Å². The molecule has 0 saturated carbocycles. The molecule has 0 aromatic carbocycles. The molecule has 4 heteroatoms. The highest BCUT2D eigenvalue weighted by molar-refractivity contribution is 5.69. The Hall–Kier alpha value is -2.69. The summed E-state index contributed by atoms with van der Waals surface area (Å²) >= 11 is 0. The van der Waals surface area contributed by atoms with Gasteiger partial charge < -0.3 is 14.6 Å². The first-order chi connectivity index (χ1) is 23.2. The van der Waals surface area contributed by atoms with Gasteiger partial charge in [0.05, 0.1) is 13.2 Å². The molecule has 0 radical (unpaired) electrons. The highest BCUT2D eigenvalue weighted by atomic mass is 16.6. The van der Waals surface area contributed by atoms with Crippen molar-refractivity contribution in [2.45, 2.75) is 148 Å². The molecular weight excluding hydrogens is 580 g/mol. The zero-order chi connectivity index (χ0) is 34.1. The van der Waals surface area contributed by atoms with Gasteiger partial charge in [-0.1, -0.05) is 143 Å². The predicted octanol–water partition coefficient (Wildman–Crippen LogP) is 12.2. The van der Waals surface area contributed by atoms with Crippen LogP contribution in [0.5, 0.6) is 0 Å². The molecule has 0 amide bonds. The fourth-order valence-corrected chi connectivity index (χ4v) is 4.58. The van der Waals surface area contributed by atoms with E-state index in [1.807, 2.05) is 0 Å². The minimum atomic E-state index is -0.566. The van der Waals surface area contributed by atoms with E-state index in [0.29, 0.717) is 13.0 Å². The van der Waals surface area contributed by atoms with Gasteiger partial charge in [0.25, 0.3) is 0 Å². The Morgan fingerprint density at radius 1 is 0.532 bits per heavy atom. The van der Waals surface area contributed by atoms with E-state index in [9.17, 15) is 9.90 Å². The van der Waals surface area contributed by atoms with Crippen molar-refractivity contribution in [3.05, 3.63) is 97.2 Å². The maximum Gasteiger partial charge on any atom is 0.306 e. The predicted molar refractivity (Wildman–Crippen MR) is 205 cm³/mol. The van der Waals surface area contributed by atoms with Gasteiger partial charge in [-0.05, 0) is 89.9 Å². The van der Waals surface area contributed by atoms with Crippen molar-refractivity contribution in [1.29, 1.82) is 0 Å². The molecule has 0 fully saturated rings. The van der Waals surface area contributed by atoms with E-state index in [2.05, 4.69) is 111 Å². The van der Waals surface area contributed by atoms with Crippen molar-refractivity contribution in [3.63, 3.8) is 0 Å². The zero-order valence-electron chi connectivity index (χ0n) is 30.3. The maximum atomic E-state index is 12.1. The number of allylic oxidation sites excluding steroid dienone is 16. The molecule has 266 valence electrons. The number of esters is 1. The molecule has 0 aliphatic heterocycles. The lowest BCUT2D eigenvalue weighted by molar-refractivity contribution is -0.154. The van der Waals surface area contributed by atoms with E-state index in [-0.39, 0.29) is 19.2 Å². The highest BCUT2D eigenvalue weighted by Crippen LogP contribution is 2.10. The third-order valence-corrected chi connectivity index (χ3v) is 7.39. The van der Waals surface area contributed by atoms with Crippen LogP contribution < -0.4 is 0 Å². The van der Waals surface area contributed by atoms with Gasteiger partial charge in [0.2, 0.25) is 0 Å². The van der Waals surface area contributed by atoms with Crippen LogP contribution in [0.2, 0.25) is 0 Å². The molecule has 0 heterocycles. The Morgan fingerprint density at radius 3 is 1.47 bits per heavy atom. The van der Waals surface area contributed by atoms with Gasteiger partial charge in [0.15, 0.2) is 0 Å². The first-order valence-corrected chi connectivity index (χ1v) is 18.8. The molecule has 1 atom stereocenters. The SMILES string of the molecule is CC/C=C\C/C=C\C/C=C\C/C=C\C/C=C\C/C=C\C/C=C\CCCCOCC(CO)OC(=O)CCCCCCC/C=C\CCCC.